The molecule has 5 nitrogen and oxygen atoms in total. The highest BCUT2D eigenvalue weighted by Crippen LogP contribution is 2.29. The quantitative estimate of drug-likeness (QED) is 0.768. The summed E-state index contributed by atoms with van der Waals surface area (Å²) in [5, 5.41) is 8.83. The second kappa shape index (κ2) is 8.62. The fraction of sp³-hybridized carbons (Fsp3) is 0.600. The molecular weight excluding hydrogens is 337 g/mol. The monoisotopic (exact) mass is 363 g/mol. The highest BCUT2D eigenvalue weighted by atomic mass is 19.1. The molecule has 1 aromatic rings. The molecule has 0 spiro atoms. The molecule has 1 saturated heterocycles. The van der Waals surface area contributed by atoms with Crippen LogP contribution in [-0.2, 0) is 16.1 Å². The van der Waals surface area contributed by atoms with E-state index < -0.39 is 5.97 Å². The first-order valence-electron chi connectivity index (χ1n) is 9.40. The Labute approximate surface area is 153 Å². The van der Waals surface area contributed by atoms with Gasteiger partial charge in [-0.15, -0.1) is 0 Å². The number of carboxylic acids is 1. The Morgan fingerprint density at radius 3 is 2.77 bits per heavy atom. The molecule has 1 N–H and O–H groups in total. The van der Waals surface area contributed by atoms with E-state index in [4.69, 9.17) is 9.84 Å². The second-order valence-electron chi connectivity index (χ2n) is 7.46. The first-order valence-corrected chi connectivity index (χ1v) is 9.40. The van der Waals surface area contributed by atoms with Crippen molar-refractivity contribution < 1.29 is 23.8 Å². The van der Waals surface area contributed by atoms with Crippen molar-refractivity contribution in [3.05, 3.63) is 35.1 Å². The molecule has 142 valence electrons. The zero-order chi connectivity index (χ0) is 18.5. The third-order valence-electron chi connectivity index (χ3n) is 5.17. The number of nitrogens with zero attached hydrogens (tertiary/aromatic N) is 1. The van der Waals surface area contributed by atoms with Gasteiger partial charge < -0.3 is 14.7 Å². The molecular formula is C20H26FNO4. The van der Waals surface area contributed by atoms with Gasteiger partial charge >= 0.3 is 5.97 Å². The summed E-state index contributed by atoms with van der Waals surface area (Å²) in [6.07, 6.45) is 4.89. The van der Waals surface area contributed by atoms with Gasteiger partial charge in [0.05, 0.1) is 6.61 Å². The highest BCUT2D eigenvalue weighted by molar-refractivity contribution is 5.94. The van der Waals surface area contributed by atoms with E-state index >= 15 is 0 Å². The Bertz CT molecular complexity index is 659. The molecule has 26 heavy (non-hydrogen) atoms. The minimum Gasteiger partial charge on any atom is -0.481 e. The molecule has 1 aliphatic carbocycles. The van der Waals surface area contributed by atoms with Gasteiger partial charge in [0.15, 0.2) is 0 Å². The molecule has 1 heterocycles. The molecule has 1 aromatic carbocycles. The minimum absolute atomic E-state index is 0.117. The van der Waals surface area contributed by atoms with E-state index in [1.54, 1.807) is 11.0 Å². The van der Waals surface area contributed by atoms with Crippen molar-refractivity contribution >= 4 is 11.9 Å². The Balaban J connectivity index is 1.59. The summed E-state index contributed by atoms with van der Waals surface area (Å²) in [4.78, 5) is 25.3. The molecule has 6 heteroatoms. The number of aliphatic carboxylic acids is 1. The summed E-state index contributed by atoms with van der Waals surface area (Å²) in [5.74, 6) is -0.448. The Kier molecular flexibility index (Phi) is 6.25. The van der Waals surface area contributed by atoms with Crippen LogP contribution in [0.15, 0.2) is 18.2 Å². The number of ether oxygens (including phenoxy) is 1. The van der Waals surface area contributed by atoms with Crippen molar-refractivity contribution in [2.45, 2.75) is 45.1 Å². The first-order chi connectivity index (χ1) is 12.5. The summed E-state index contributed by atoms with van der Waals surface area (Å²) < 4.78 is 19.5. The Morgan fingerprint density at radius 2 is 2.04 bits per heavy atom. The van der Waals surface area contributed by atoms with Crippen molar-refractivity contribution in [1.82, 2.24) is 4.90 Å². The summed E-state index contributed by atoms with van der Waals surface area (Å²) in [5.41, 5.74) is 0.881. The van der Waals surface area contributed by atoms with Crippen LogP contribution in [0.25, 0.3) is 0 Å². The number of likely N-dealkylation sites (tertiary alicyclic amines) is 1. The van der Waals surface area contributed by atoms with Crippen LogP contribution in [0.2, 0.25) is 0 Å². The average molecular weight is 363 g/mol. The van der Waals surface area contributed by atoms with E-state index in [0.717, 1.165) is 12.8 Å². The topological polar surface area (TPSA) is 66.8 Å². The number of carboxylic acid groups (broad SMARTS) is 1. The average Bonchev–Trinajstić information content (AvgIpc) is 3.45. The van der Waals surface area contributed by atoms with E-state index in [0.29, 0.717) is 43.2 Å². The van der Waals surface area contributed by atoms with Crippen molar-refractivity contribution in [2.24, 2.45) is 11.8 Å². The van der Waals surface area contributed by atoms with Crippen LogP contribution in [0, 0.1) is 17.7 Å². The van der Waals surface area contributed by atoms with Crippen LogP contribution in [0.3, 0.4) is 0 Å². The van der Waals surface area contributed by atoms with E-state index in [-0.39, 0.29) is 30.7 Å². The van der Waals surface area contributed by atoms with Gasteiger partial charge in [0.1, 0.15) is 5.82 Å². The van der Waals surface area contributed by atoms with Gasteiger partial charge in [0.2, 0.25) is 0 Å². The number of carbonyl (C=O) groups excluding carboxylic acids is 1. The van der Waals surface area contributed by atoms with Crippen LogP contribution >= 0.6 is 0 Å². The lowest BCUT2D eigenvalue weighted by Gasteiger charge is -2.32. The fourth-order valence-electron chi connectivity index (χ4n) is 3.43. The van der Waals surface area contributed by atoms with Gasteiger partial charge in [-0.3, -0.25) is 9.59 Å². The standard InChI is InChI=1S/C20H26FNO4/c21-18-7-6-16(10-17(18)13-26-12-15-3-4-15)20(25)22-9-1-2-14(11-22)5-8-19(23)24/h6-7,10,14-15H,1-5,8-9,11-13H2,(H,23,24). The Hall–Kier alpha value is -1.95. The number of carbonyl (C=O) groups is 2. The van der Waals surface area contributed by atoms with Gasteiger partial charge in [-0.25, -0.2) is 4.39 Å². The fourth-order valence-corrected chi connectivity index (χ4v) is 3.43. The zero-order valence-electron chi connectivity index (χ0n) is 15.0. The summed E-state index contributed by atoms with van der Waals surface area (Å²) >= 11 is 0. The number of benzene rings is 1. The van der Waals surface area contributed by atoms with E-state index in [1.165, 1.54) is 25.0 Å². The van der Waals surface area contributed by atoms with Crippen molar-refractivity contribution in [3.8, 4) is 0 Å². The summed E-state index contributed by atoms with van der Waals surface area (Å²) in [7, 11) is 0. The Morgan fingerprint density at radius 1 is 1.23 bits per heavy atom. The number of rotatable bonds is 8. The maximum Gasteiger partial charge on any atom is 0.303 e. The normalized spacial score (nSPS) is 20.2. The predicted molar refractivity (Wildman–Crippen MR) is 94.3 cm³/mol. The summed E-state index contributed by atoms with van der Waals surface area (Å²) in [6.45, 7) is 2.06. The highest BCUT2D eigenvalue weighted by Gasteiger charge is 2.25. The van der Waals surface area contributed by atoms with Gasteiger partial charge in [0, 0.05) is 37.2 Å². The zero-order valence-corrected chi connectivity index (χ0v) is 15.0. The summed E-state index contributed by atoms with van der Waals surface area (Å²) in [6, 6.07) is 4.43. The SMILES string of the molecule is O=C(O)CCC1CCCN(C(=O)c2ccc(F)c(COCC3CC3)c2)C1. The third-order valence-corrected chi connectivity index (χ3v) is 5.17. The molecule has 1 amide bonds. The minimum atomic E-state index is -0.803. The van der Waals surface area contributed by atoms with Crippen LogP contribution in [0.1, 0.15) is 54.4 Å². The number of halogens is 1. The van der Waals surface area contributed by atoms with Gasteiger partial charge in [-0.1, -0.05) is 0 Å². The van der Waals surface area contributed by atoms with Gasteiger partial charge in [-0.05, 0) is 62.1 Å². The smallest absolute Gasteiger partial charge is 0.303 e. The number of hydrogen-bond donors (Lipinski definition) is 1. The van der Waals surface area contributed by atoms with Crippen LogP contribution < -0.4 is 0 Å². The first kappa shape index (κ1) is 18.8. The maximum atomic E-state index is 14.0. The van der Waals surface area contributed by atoms with Crippen LogP contribution in [-0.4, -0.2) is 41.6 Å². The maximum absolute atomic E-state index is 14.0. The second-order valence-corrected chi connectivity index (χ2v) is 7.46. The van der Waals surface area contributed by atoms with Crippen molar-refractivity contribution in [2.75, 3.05) is 19.7 Å². The molecule has 2 aliphatic rings. The molecule has 0 aromatic heterocycles. The van der Waals surface area contributed by atoms with Crippen LogP contribution in [0.4, 0.5) is 4.39 Å². The van der Waals surface area contributed by atoms with Crippen LogP contribution in [0.5, 0.6) is 0 Å². The van der Waals surface area contributed by atoms with Crippen molar-refractivity contribution in [1.29, 1.82) is 0 Å². The number of hydrogen-bond acceptors (Lipinski definition) is 3. The molecule has 2 fully saturated rings. The molecule has 3 rings (SSSR count). The molecule has 0 radical (unpaired) electrons. The van der Waals surface area contributed by atoms with E-state index in [2.05, 4.69) is 0 Å². The van der Waals surface area contributed by atoms with E-state index in [1.807, 2.05) is 0 Å². The van der Waals surface area contributed by atoms with Crippen molar-refractivity contribution in [3.63, 3.8) is 0 Å². The molecule has 1 aliphatic heterocycles. The number of piperidine rings is 1. The molecule has 0 bridgehead atoms. The largest absolute Gasteiger partial charge is 0.481 e. The molecule has 1 unspecified atom stereocenters. The van der Waals surface area contributed by atoms with E-state index in [9.17, 15) is 14.0 Å². The lowest BCUT2D eigenvalue weighted by Crippen LogP contribution is -2.40. The third kappa shape index (κ3) is 5.27. The predicted octanol–water partition coefficient (Wildman–Crippen LogP) is 3.47. The number of amides is 1. The molecule has 1 atom stereocenters. The lowest BCUT2D eigenvalue weighted by atomic mass is 9.93. The lowest BCUT2D eigenvalue weighted by molar-refractivity contribution is -0.137. The van der Waals surface area contributed by atoms with Gasteiger partial charge in [-0.2, -0.15) is 0 Å². The van der Waals surface area contributed by atoms with Gasteiger partial charge in [0.25, 0.3) is 5.91 Å². The molecule has 1 saturated carbocycles.